The lowest BCUT2D eigenvalue weighted by molar-refractivity contribution is -0.143. The number of likely N-dealkylation sites (tertiary alicyclic amines) is 1. The molecule has 1 fully saturated rings. The molecular formula is C76H128N24O15. The fraction of sp³-hybridized carbons (Fsp3) is 0.632. The molecule has 2 aromatic rings. The second-order valence-corrected chi connectivity index (χ2v) is 29.7. The lowest BCUT2D eigenvalue weighted by Gasteiger charge is -2.32. The van der Waals surface area contributed by atoms with Crippen LogP contribution in [0.3, 0.4) is 0 Å². The highest BCUT2D eigenvalue weighted by Gasteiger charge is 2.42. The van der Waals surface area contributed by atoms with Gasteiger partial charge in [0, 0.05) is 32.6 Å². The Kier molecular flexibility index (Phi) is 44.8. The van der Waals surface area contributed by atoms with Crippen LogP contribution in [0.25, 0.3) is 0 Å². The highest BCUT2D eigenvalue weighted by Crippen LogP contribution is 2.23. The number of nitrogens with one attached hydrogen (secondary N) is 11. The van der Waals surface area contributed by atoms with Gasteiger partial charge in [0.05, 0.1) is 12.6 Å². The van der Waals surface area contributed by atoms with Crippen molar-refractivity contribution in [2.45, 2.75) is 243 Å². The van der Waals surface area contributed by atoms with Crippen LogP contribution in [0.15, 0.2) is 69.6 Å². The maximum atomic E-state index is 15.1. The Bertz CT molecular complexity index is 3560. The zero-order valence-electron chi connectivity index (χ0n) is 67.4. The number of hydrogen-bond donors (Lipinski definition) is 22. The van der Waals surface area contributed by atoms with Crippen molar-refractivity contribution in [3.05, 3.63) is 65.7 Å². The van der Waals surface area contributed by atoms with Crippen molar-refractivity contribution in [2.24, 2.45) is 84.3 Å². The van der Waals surface area contributed by atoms with E-state index < -0.39 is 162 Å². The van der Waals surface area contributed by atoms with Crippen LogP contribution in [-0.4, -0.2) is 228 Å². The number of aliphatic carboxylic acids is 1. The third-order valence-electron chi connectivity index (χ3n) is 19.0. The van der Waals surface area contributed by atoms with Gasteiger partial charge in [0.2, 0.25) is 70.9 Å². The van der Waals surface area contributed by atoms with Gasteiger partial charge in [-0.15, -0.1) is 0 Å². The van der Waals surface area contributed by atoms with Gasteiger partial charge in [-0.1, -0.05) is 90.4 Å². The summed E-state index contributed by atoms with van der Waals surface area (Å²) in [5.41, 5.74) is 52.7. The van der Waals surface area contributed by atoms with E-state index in [1.54, 1.807) is 70.2 Å². The van der Waals surface area contributed by atoms with Crippen molar-refractivity contribution in [1.82, 2.24) is 63.4 Å². The van der Waals surface area contributed by atoms with Gasteiger partial charge in [0.15, 0.2) is 17.9 Å². The van der Waals surface area contributed by atoms with E-state index in [2.05, 4.69) is 73.5 Å². The lowest BCUT2D eigenvalue weighted by atomic mass is 9.96. The van der Waals surface area contributed by atoms with E-state index >= 15 is 4.79 Å². The summed E-state index contributed by atoms with van der Waals surface area (Å²) >= 11 is 0. The Morgan fingerprint density at radius 3 is 1.37 bits per heavy atom. The summed E-state index contributed by atoms with van der Waals surface area (Å²) in [7, 11) is 0. The first-order chi connectivity index (χ1) is 54.5. The van der Waals surface area contributed by atoms with Crippen LogP contribution in [0.4, 0.5) is 0 Å². The largest absolute Gasteiger partial charge is 0.508 e. The molecular weight excluding hydrogens is 1490 g/mol. The maximum absolute atomic E-state index is 15.1. The van der Waals surface area contributed by atoms with Gasteiger partial charge in [-0.05, 0) is 170 Å². The number of carbonyl (C=O) groups excluding carboxylic acids is 12. The summed E-state index contributed by atoms with van der Waals surface area (Å²) in [5, 5.41) is 49.0. The fourth-order valence-corrected chi connectivity index (χ4v) is 12.6. The van der Waals surface area contributed by atoms with Gasteiger partial charge in [0.1, 0.15) is 72.2 Å². The highest BCUT2D eigenvalue weighted by molar-refractivity contribution is 6.00. The summed E-state index contributed by atoms with van der Waals surface area (Å²) in [5.74, 6) is -12.5. The summed E-state index contributed by atoms with van der Waals surface area (Å²) in [6.07, 6.45) is 2.65. The quantitative estimate of drug-likeness (QED) is 0.0171. The van der Waals surface area contributed by atoms with Gasteiger partial charge < -0.3 is 125 Å². The number of benzene rings is 2. The molecule has 12 amide bonds. The molecule has 0 spiro atoms. The van der Waals surface area contributed by atoms with Gasteiger partial charge in [-0.2, -0.15) is 0 Å². The first-order valence-corrected chi connectivity index (χ1v) is 39.5. The molecule has 39 heteroatoms. The molecule has 3 rings (SSSR count). The summed E-state index contributed by atoms with van der Waals surface area (Å²) in [6.45, 7) is 11.9. The number of carboxylic acids is 1. The lowest BCUT2D eigenvalue weighted by Crippen LogP contribution is -2.61. The number of guanidine groups is 3. The number of nitrogens with zero attached hydrogens (tertiary/aromatic N) is 4. The number of hydrogen-bond acceptors (Lipinski definition) is 20. The van der Waals surface area contributed by atoms with Crippen LogP contribution in [-0.2, 0) is 75.2 Å². The molecule has 13 atom stereocenters. The van der Waals surface area contributed by atoms with E-state index in [4.69, 9.17) is 51.6 Å². The van der Waals surface area contributed by atoms with Crippen LogP contribution in [0, 0.1) is 17.8 Å². The smallest absolute Gasteiger partial charge is 0.326 e. The normalized spacial score (nSPS) is 15.6. The molecule has 1 heterocycles. The van der Waals surface area contributed by atoms with Crippen LogP contribution >= 0.6 is 0 Å². The molecule has 115 heavy (non-hydrogen) atoms. The SMILES string of the molecule is CC[C@H](C)[C@H](NC(=O)[C@H](CCCN=C(N)N)NC(=O)[C@@H](CCCN=C(N)N)NC(=O)[C@H](CC(C)C)NC(=O)[C@H](Cc1ccccc1)NC(=O)CNC(=O)[C@@H](C)NC(=O)[C@@H](N)Cc1ccc(O)cc1)C(=O)N[C@@H](CCCN=C(N)N)C(=O)N1CCC[C@H]1C(=O)N[C@@H](CCCCN)C(=O)N[C@@H](CC(C)C)C(=O)N[C@@H](CCCCN)C(=O)O. The number of aliphatic imine (C=N–C) groups is 3. The van der Waals surface area contributed by atoms with E-state index in [-0.39, 0.29) is 158 Å². The second kappa shape index (κ2) is 52.4. The van der Waals surface area contributed by atoms with Gasteiger partial charge in [0.25, 0.3) is 0 Å². The third kappa shape index (κ3) is 37.7. The van der Waals surface area contributed by atoms with Crippen LogP contribution in [0.2, 0.25) is 0 Å². The number of unbranched alkanes of at least 4 members (excludes halogenated alkanes) is 2. The van der Waals surface area contributed by atoms with E-state index in [1.807, 2.05) is 13.8 Å². The molecule has 39 nitrogen and oxygen atoms in total. The molecule has 2 aromatic carbocycles. The van der Waals surface area contributed by atoms with Crippen molar-refractivity contribution in [3.8, 4) is 5.75 Å². The number of aromatic hydroxyl groups is 1. The van der Waals surface area contributed by atoms with E-state index in [9.17, 15) is 67.7 Å². The number of carboxylic acid groups (broad SMARTS) is 1. The summed E-state index contributed by atoms with van der Waals surface area (Å²) < 4.78 is 0. The van der Waals surface area contributed by atoms with Crippen molar-refractivity contribution < 1.29 is 72.5 Å². The Hall–Kier alpha value is -11.0. The third-order valence-corrected chi connectivity index (χ3v) is 19.0. The molecule has 0 unspecified atom stereocenters. The first-order valence-electron chi connectivity index (χ1n) is 39.5. The summed E-state index contributed by atoms with van der Waals surface area (Å²) in [4.78, 5) is 197. The molecule has 0 saturated carbocycles. The molecule has 0 bridgehead atoms. The first kappa shape index (κ1) is 98.2. The van der Waals surface area contributed by atoms with Crippen LogP contribution in [0.1, 0.15) is 169 Å². The van der Waals surface area contributed by atoms with Crippen molar-refractivity contribution in [3.63, 3.8) is 0 Å². The average molecular weight is 1620 g/mol. The second-order valence-electron chi connectivity index (χ2n) is 29.7. The van der Waals surface area contributed by atoms with Gasteiger partial charge in [-0.25, -0.2) is 4.79 Å². The zero-order valence-corrected chi connectivity index (χ0v) is 67.4. The number of rotatable bonds is 54. The Morgan fingerprint density at radius 1 is 0.470 bits per heavy atom. The maximum Gasteiger partial charge on any atom is 0.326 e. The Balaban J connectivity index is 1.98. The highest BCUT2D eigenvalue weighted by atomic mass is 16.4. The minimum Gasteiger partial charge on any atom is -0.508 e. The number of phenols is 1. The number of phenolic OH excluding ortho intramolecular Hbond substituents is 1. The molecule has 1 aliphatic rings. The molecule has 31 N–H and O–H groups in total. The van der Waals surface area contributed by atoms with E-state index in [1.165, 1.54) is 24.0 Å². The van der Waals surface area contributed by atoms with Gasteiger partial charge in [-0.3, -0.25) is 72.5 Å². The van der Waals surface area contributed by atoms with E-state index in [0.29, 0.717) is 49.8 Å². The van der Waals surface area contributed by atoms with Crippen molar-refractivity contribution in [1.29, 1.82) is 0 Å². The van der Waals surface area contributed by atoms with Crippen molar-refractivity contribution >= 4 is 94.7 Å². The van der Waals surface area contributed by atoms with Crippen LogP contribution in [0.5, 0.6) is 5.75 Å². The van der Waals surface area contributed by atoms with Gasteiger partial charge >= 0.3 is 5.97 Å². The molecule has 0 radical (unpaired) electrons. The molecule has 0 aliphatic carbocycles. The zero-order chi connectivity index (χ0) is 85.9. The van der Waals surface area contributed by atoms with E-state index in [0.717, 1.165) is 0 Å². The Morgan fingerprint density at radius 2 is 0.896 bits per heavy atom. The van der Waals surface area contributed by atoms with Crippen molar-refractivity contribution in [2.75, 3.05) is 45.8 Å². The minimum atomic E-state index is -1.49. The fourth-order valence-electron chi connectivity index (χ4n) is 12.6. The minimum absolute atomic E-state index is 0.00688. The molecule has 0 aromatic heterocycles. The molecule has 1 saturated heterocycles. The monoisotopic (exact) mass is 1620 g/mol. The predicted octanol–water partition coefficient (Wildman–Crippen LogP) is -3.88. The standard InChI is InChI=1S/C76H128N24O15/c1-8-45(6)61(71(112)95-54(26-18-36-88-76(84)85)72(113)100-37-19-27-59(100)70(111)94-51(22-12-14-32-77)65(106)97-57(39-44(4)5)68(109)96-55(73(114)115)23-13-15-33-78)99-66(107)53(25-17-35-87-75(82)83)92-64(105)52(24-16-34-86-74(80)81)93-67(108)56(38-43(2)3)98-69(110)58(41-47-20-10-9-11-21-47)91-60(102)42-89-62(103)46(7)90-63(104)50(79)40-48-28-30-49(101)31-29-48/h9-11,20-21,28-31,43-46,50-59,61,101H,8,12-19,22-27,32-42,77-79H2,1-7H3,(H,89,103)(H,90,104)(H,91,102)(H,92,105)(H,93,108)(H,94,111)(H,95,112)(H,96,109)(H,97,106)(H,98,110)(H,99,107)(H,114,115)(H4,80,81,86)(H4,82,83,87)(H4,84,85,88)/t45-,46+,50-,51-,52+,53-,54-,55-,56-,57-,58-,59-,61-/m0/s1. The molecule has 1 aliphatic heterocycles. The topological polar surface area (TPSA) is 669 Å². The Labute approximate surface area is 672 Å². The van der Waals surface area contributed by atoms with Crippen LogP contribution < -0.4 is 110 Å². The number of nitrogens with two attached hydrogens (primary N) is 9. The number of carbonyl (C=O) groups is 13. The molecule has 642 valence electrons. The summed E-state index contributed by atoms with van der Waals surface area (Å²) in [6, 6.07) is -0.928. The predicted molar refractivity (Wildman–Crippen MR) is 434 cm³/mol. The average Bonchev–Trinajstić information content (AvgIpc) is 1.73. The number of amides is 12.